The molecule has 0 amide bonds. The van der Waals surface area contributed by atoms with Crippen molar-refractivity contribution in [1.82, 2.24) is 4.90 Å². The lowest BCUT2D eigenvalue weighted by Crippen LogP contribution is -2.49. The molecule has 1 aliphatic heterocycles. The zero-order valence-electron chi connectivity index (χ0n) is 12.8. The first-order valence-electron chi connectivity index (χ1n) is 7.53. The van der Waals surface area contributed by atoms with E-state index in [4.69, 9.17) is 5.73 Å². The van der Waals surface area contributed by atoms with Gasteiger partial charge in [-0.2, -0.15) is 0 Å². The topological polar surface area (TPSA) is 29.3 Å². The van der Waals surface area contributed by atoms with Crippen LogP contribution in [0.3, 0.4) is 0 Å². The number of nitrogens with two attached hydrogens (primary N) is 1. The molecule has 2 N–H and O–H groups in total. The zero-order chi connectivity index (χ0) is 14.0. The van der Waals surface area contributed by atoms with Crippen molar-refractivity contribution >= 4 is 0 Å². The summed E-state index contributed by atoms with van der Waals surface area (Å²) in [6, 6.07) is 8.93. The van der Waals surface area contributed by atoms with E-state index in [2.05, 4.69) is 56.9 Å². The van der Waals surface area contributed by atoms with Gasteiger partial charge in [0.25, 0.3) is 0 Å². The highest BCUT2D eigenvalue weighted by Crippen LogP contribution is 2.32. The first-order valence-corrected chi connectivity index (χ1v) is 7.53. The van der Waals surface area contributed by atoms with Crippen LogP contribution in [-0.4, -0.2) is 23.5 Å². The summed E-state index contributed by atoms with van der Waals surface area (Å²) in [5, 5.41) is 0. The summed E-state index contributed by atoms with van der Waals surface area (Å²) in [6.45, 7) is 11.4. The van der Waals surface area contributed by atoms with E-state index in [1.165, 1.54) is 37.1 Å². The molecule has 106 valence electrons. The number of hydrogen-bond donors (Lipinski definition) is 1. The molecule has 1 fully saturated rings. The summed E-state index contributed by atoms with van der Waals surface area (Å²) in [4.78, 5) is 2.54. The van der Waals surface area contributed by atoms with Crippen LogP contribution in [0.2, 0.25) is 0 Å². The van der Waals surface area contributed by atoms with Crippen LogP contribution in [0.15, 0.2) is 24.3 Å². The second-order valence-corrected chi connectivity index (χ2v) is 6.65. The number of rotatable bonds is 4. The third kappa shape index (κ3) is 3.01. The minimum absolute atomic E-state index is 0.0375. The summed E-state index contributed by atoms with van der Waals surface area (Å²) in [7, 11) is 0. The van der Waals surface area contributed by atoms with E-state index in [0.717, 1.165) is 0 Å². The molecule has 1 unspecified atom stereocenters. The summed E-state index contributed by atoms with van der Waals surface area (Å²) in [5.74, 6) is 0.580. The quantitative estimate of drug-likeness (QED) is 0.894. The highest BCUT2D eigenvalue weighted by atomic mass is 15.2. The van der Waals surface area contributed by atoms with Crippen LogP contribution >= 0.6 is 0 Å². The van der Waals surface area contributed by atoms with Crippen LogP contribution in [0.1, 0.15) is 63.6 Å². The van der Waals surface area contributed by atoms with Crippen molar-refractivity contribution < 1.29 is 0 Å². The third-order valence-electron chi connectivity index (χ3n) is 4.64. The van der Waals surface area contributed by atoms with Gasteiger partial charge in [-0.3, -0.25) is 4.90 Å². The Balaban J connectivity index is 2.15. The minimum atomic E-state index is 0.0375. The highest BCUT2D eigenvalue weighted by molar-refractivity contribution is 5.28. The molecule has 0 bridgehead atoms. The Bertz CT molecular complexity index is 400. The van der Waals surface area contributed by atoms with Crippen molar-refractivity contribution in [2.24, 2.45) is 5.73 Å². The summed E-state index contributed by atoms with van der Waals surface area (Å²) < 4.78 is 0. The molecule has 0 spiro atoms. The normalized spacial score (nSPS) is 19.1. The molecule has 2 nitrogen and oxygen atoms in total. The van der Waals surface area contributed by atoms with Gasteiger partial charge in [0.1, 0.15) is 0 Å². The van der Waals surface area contributed by atoms with E-state index in [1.54, 1.807) is 0 Å². The van der Waals surface area contributed by atoms with Crippen molar-refractivity contribution in [1.29, 1.82) is 0 Å². The predicted octanol–water partition coefficient (Wildman–Crippen LogP) is 3.68. The van der Waals surface area contributed by atoms with Crippen molar-refractivity contribution in [3.8, 4) is 0 Å². The molecule has 1 aromatic rings. The number of hydrogen-bond acceptors (Lipinski definition) is 2. The Morgan fingerprint density at radius 2 is 1.47 bits per heavy atom. The van der Waals surface area contributed by atoms with Gasteiger partial charge in [0.05, 0.1) is 0 Å². The molecule has 0 saturated carbocycles. The van der Waals surface area contributed by atoms with E-state index in [-0.39, 0.29) is 11.6 Å². The van der Waals surface area contributed by atoms with Crippen molar-refractivity contribution in [2.75, 3.05) is 13.1 Å². The molecular formula is C17H28N2. The van der Waals surface area contributed by atoms with E-state index < -0.39 is 0 Å². The second kappa shape index (κ2) is 5.64. The SMILES string of the molecule is CC(C)c1ccc(C(N)C(C)(C)N2CCCC2)cc1. The Labute approximate surface area is 118 Å². The first kappa shape index (κ1) is 14.5. The standard InChI is InChI=1S/C17H28N2/c1-13(2)14-7-9-15(10-8-14)16(18)17(3,4)19-11-5-6-12-19/h7-10,13,16H,5-6,11-12,18H2,1-4H3. The maximum absolute atomic E-state index is 6.54. The Morgan fingerprint density at radius 3 is 1.95 bits per heavy atom. The zero-order valence-corrected chi connectivity index (χ0v) is 12.8. The molecule has 2 heteroatoms. The molecule has 2 rings (SSSR count). The lowest BCUT2D eigenvalue weighted by molar-refractivity contribution is 0.124. The van der Waals surface area contributed by atoms with E-state index in [9.17, 15) is 0 Å². The fourth-order valence-corrected chi connectivity index (χ4v) is 2.99. The number of likely N-dealkylation sites (tertiary alicyclic amines) is 1. The van der Waals surface area contributed by atoms with Crippen molar-refractivity contribution in [3.63, 3.8) is 0 Å². The van der Waals surface area contributed by atoms with Gasteiger partial charge < -0.3 is 5.73 Å². The number of nitrogens with zero attached hydrogens (tertiary/aromatic N) is 1. The monoisotopic (exact) mass is 260 g/mol. The van der Waals surface area contributed by atoms with Crippen molar-refractivity contribution in [2.45, 2.75) is 58.0 Å². The van der Waals surface area contributed by atoms with E-state index in [1.807, 2.05) is 0 Å². The van der Waals surface area contributed by atoms with Gasteiger partial charge in [-0.15, -0.1) is 0 Å². The highest BCUT2D eigenvalue weighted by Gasteiger charge is 2.35. The average molecular weight is 260 g/mol. The molecule has 19 heavy (non-hydrogen) atoms. The van der Waals surface area contributed by atoms with Crippen LogP contribution in [0.25, 0.3) is 0 Å². The molecule has 1 heterocycles. The fourth-order valence-electron chi connectivity index (χ4n) is 2.99. The smallest absolute Gasteiger partial charge is 0.0476 e. The lowest BCUT2D eigenvalue weighted by Gasteiger charge is -2.40. The molecule has 0 aliphatic carbocycles. The van der Waals surface area contributed by atoms with E-state index >= 15 is 0 Å². The molecule has 1 aromatic carbocycles. The molecule has 1 atom stereocenters. The summed E-state index contributed by atoms with van der Waals surface area (Å²) in [6.07, 6.45) is 2.62. The molecule has 1 saturated heterocycles. The van der Waals surface area contributed by atoms with Gasteiger partial charge in [0.2, 0.25) is 0 Å². The molecule has 0 radical (unpaired) electrons. The van der Waals surface area contributed by atoms with Crippen LogP contribution < -0.4 is 5.73 Å². The van der Waals surface area contributed by atoms with Crippen LogP contribution in [-0.2, 0) is 0 Å². The average Bonchev–Trinajstić information content (AvgIpc) is 2.92. The van der Waals surface area contributed by atoms with Gasteiger partial charge in [-0.05, 0) is 56.8 Å². The van der Waals surface area contributed by atoms with Crippen LogP contribution in [0, 0.1) is 0 Å². The molecule has 0 aromatic heterocycles. The summed E-state index contributed by atoms with van der Waals surface area (Å²) in [5.41, 5.74) is 9.21. The van der Waals surface area contributed by atoms with Gasteiger partial charge in [-0.25, -0.2) is 0 Å². The van der Waals surface area contributed by atoms with Crippen LogP contribution in [0.4, 0.5) is 0 Å². The maximum Gasteiger partial charge on any atom is 0.0476 e. The van der Waals surface area contributed by atoms with E-state index in [0.29, 0.717) is 5.92 Å². The molecular weight excluding hydrogens is 232 g/mol. The van der Waals surface area contributed by atoms with Crippen molar-refractivity contribution in [3.05, 3.63) is 35.4 Å². The largest absolute Gasteiger partial charge is 0.322 e. The minimum Gasteiger partial charge on any atom is -0.322 e. The number of benzene rings is 1. The Hall–Kier alpha value is -0.860. The fraction of sp³-hybridized carbons (Fsp3) is 0.647. The summed E-state index contributed by atoms with van der Waals surface area (Å²) >= 11 is 0. The maximum atomic E-state index is 6.54. The Morgan fingerprint density at radius 1 is 1.00 bits per heavy atom. The van der Waals surface area contributed by atoms with Gasteiger partial charge in [0.15, 0.2) is 0 Å². The third-order valence-corrected chi connectivity index (χ3v) is 4.64. The van der Waals surface area contributed by atoms with Gasteiger partial charge >= 0.3 is 0 Å². The van der Waals surface area contributed by atoms with Crippen LogP contribution in [0.5, 0.6) is 0 Å². The first-order chi connectivity index (χ1) is 8.93. The lowest BCUT2D eigenvalue weighted by atomic mass is 9.87. The van der Waals surface area contributed by atoms with Gasteiger partial charge in [0, 0.05) is 11.6 Å². The molecule has 1 aliphatic rings. The van der Waals surface area contributed by atoms with Gasteiger partial charge in [-0.1, -0.05) is 38.1 Å². The Kier molecular flexibility index (Phi) is 4.32. The predicted molar refractivity (Wildman–Crippen MR) is 82.3 cm³/mol. The second-order valence-electron chi connectivity index (χ2n) is 6.65.